The molecule has 8 nitrogen and oxygen atoms in total. The van der Waals surface area contributed by atoms with Crippen LogP contribution in [0.4, 0.5) is 5.95 Å². The van der Waals surface area contributed by atoms with Crippen molar-refractivity contribution >= 4 is 27.6 Å². The Kier molecular flexibility index (Phi) is 4.30. The van der Waals surface area contributed by atoms with Crippen molar-refractivity contribution in [3.8, 4) is 12.1 Å². The number of ether oxygens (including phenoxy) is 1. The van der Waals surface area contributed by atoms with E-state index >= 15 is 0 Å². The van der Waals surface area contributed by atoms with Gasteiger partial charge in [0.05, 0.1) is 22.1 Å². The first kappa shape index (κ1) is 15.1. The van der Waals surface area contributed by atoms with Gasteiger partial charge in [-0.2, -0.15) is 10.2 Å². The lowest BCUT2D eigenvalue weighted by molar-refractivity contribution is 0.314. The first-order chi connectivity index (χ1) is 9.96. The number of benzene rings is 1. The summed E-state index contributed by atoms with van der Waals surface area (Å²) >= 11 is 5.81. The van der Waals surface area contributed by atoms with Crippen LogP contribution in [0.1, 0.15) is 12.5 Å². The maximum atomic E-state index is 12.1. The van der Waals surface area contributed by atoms with Crippen LogP contribution in [0.2, 0.25) is 5.02 Å². The Balaban J connectivity index is 2.25. The lowest BCUT2D eigenvalue weighted by Crippen LogP contribution is -2.14. The number of rotatable bonds is 5. The number of hydrogen-bond acceptors (Lipinski definition) is 6. The molecule has 2 rings (SSSR count). The van der Waals surface area contributed by atoms with E-state index in [2.05, 4.69) is 19.9 Å². The molecule has 21 heavy (non-hydrogen) atoms. The van der Waals surface area contributed by atoms with Crippen LogP contribution in [0.25, 0.3) is 0 Å². The summed E-state index contributed by atoms with van der Waals surface area (Å²) in [7, 11) is -3.90. The number of nitriles is 1. The maximum absolute atomic E-state index is 12.1. The van der Waals surface area contributed by atoms with Crippen LogP contribution in [-0.4, -0.2) is 30.2 Å². The van der Waals surface area contributed by atoms with Crippen molar-refractivity contribution in [3.05, 3.63) is 28.8 Å². The standard InChI is InChI=1S/C11H10ClN5O3S/c1-2-20-11-14-10(15-16-11)17-21(18,19)8-4-3-7(6-13)9(12)5-8/h3-5H,2H2,1H3,(H2,14,15,16,17). The van der Waals surface area contributed by atoms with Crippen LogP contribution in [-0.2, 0) is 10.0 Å². The van der Waals surface area contributed by atoms with E-state index in [1.807, 2.05) is 6.07 Å². The summed E-state index contributed by atoms with van der Waals surface area (Å²) in [5.41, 5.74) is 0.189. The first-order valence-electron chi connectivity index (χ1n) is 5.74. The van der Waals surface area contributed by atoms with Gasteiger partial charge in [0.15, 0.2) is 0 Å². The van der Waals surface area contributed by atoms with Gasteiger partial charge in [-0.3, -0.25) is 0 Å². The van der Waals surface area contributed by atoms with Crippen molar-refractivity contribution in [2.24, 2.45) is 0 Å². The van der Waals surface area contributed by atoms with Gasteiger partial charge in [0.2, 0.25) is 5.95 Å². The fourth-order valence-electron chi connectivity index (χ4n) is 1.43. The number of nitrogens with zero attached hydrogens (tertiary/aromatic N) is 3. The second-order valence-corrected chi connectivity index (χ2v) is 5.85. The molecule has 0 aliphatic heterocycles. The maximum Gasteiger partial charge on any atom is 0.337 e. The van der Waals surface area contributed by atoms with E-state index in [0.29, 0.717) is 6.61 Å². The Hall–Kier alpha value is -2.31. The normalized spacial score (nSPS) is 10.9. The van der Waals surface area contributed by atoms with Gasteiger partial charge in [-0.15, -0.1) is 5.10 Å². The van der Waals surface area contributed by atoms with E-state index in [4.69, 9.17) is 21.6 Å². The number of halogens is 1. The molecule has 0 aliphatic rings. The second kappa shape index (κ2) is 5.99. The van der Waals surface area contributed by atoms with Gasteiger partial charge in [0, 0.05) is 0 Å². The van der Waals surface area contributed by atoms with Crippen molar-refractivity contribution in [3.63, 3.8) is 0 Å². The largest absolute Gasteiger partial charge is 0.463 e. The molecule has 0 amide bonds. The number of H-pyrrole nitrogens is 1. The third-order valence-corrected chi connectivity index (χ3v) is 3.99. The topological polar surface area (TPSA) is 121 Å². The van der Waals surface area contributed by atoms with Crippen LogP contribution in [0.3, 0.4) is 0 Å². The van der Waals surface area contributed by atoms with E-state index in [1.165, 1.54) is 18.2 Å². The predicted octanol–water partition coefficient (Wildman–Crippen LogP) is 1.53. The van der Waals surface area contributed by atoms with Crippen molar-refractivity contribution in [2.75, 3.05) is 11.3 Å². The van der Waals surface area contributed by atoms with Gasteiger partial charge in [-0.25, -0.2) is 18.2 Å². The van der Waals surface area contributed by atoms with Crippen molar-refractivity contribution < 1.29 is 13.2 Å². The summed E-state index contributed by atoms with van der Waals surface area (Å²) in [6.45, 7) is 2.11. The monoisotopic (exact) mass is 327 g/mol. The zero-order valence-corrected chi connectivity index (χ0v) is 12.4. The lowest BCUT2D eigenvalue weighted by atomic mass is 10.2. The average molecular weight is 328 g/mol. The highest BCUT2D eigenvalue weighted by atomic mass is 35.5. The molecule has 2 aromatic rings. The summed E-state index contributed by atoms with van der Waals surface area (Å²) in [6.07, 6.45) is 0. The number of anilines is 1. The van der Waals surface area contributed by atoms with E-state index in [1.54, 1.807) is 6.92 Å². The molecule has 0 saturated carbocycles. The number of aromatic nitrogens is 3. The van der Waals surface area contributed by atoms with Gasteiger partial charge in [0.25, 0.3) is 10.0 Å². The molecule has 110 valence electrons. The van der Waals surface area contributed by atoms with E-state index in [9.17, 15) is 8.42 Å². The highest BCUT2D eigenvalue weighted by molar-refractivity contribution is 7.92. The van der Waals surface area contributed by atoms with E-state index < -0.39 is 10.0 Å². The van der Waals surface area contributed by atoms with Crippen LogP contribution >= 0.6 is 11.6 Å². The third kappa shape index (κ3) is 3.42. The minimum absolute atomic E-state index is 0.0352. The average Bonchev–Trinajstić information content (AvgIpc) is 2.85. The van der Waals surface area contributed by atoms with Gasteiger partial charge in [-0.1, -0.05) is 11.6 Å². The Bertz CT molecular complexity index is 796. The summed E-state index contributed by atoms with van der Waals surface area (Å²) in [5.74, 6) is -0.0843. The van der Waals surface area contributed by atoms with Gasteiger partial charge in [0.1, 0.15) is 6.07 Å². The van der Waals surface area contributed by atoms with Crippen LogP contribution in [0.5, 0.6) is 6.01 Å². The van der Waals surface area contributed by atoms with Crippen molar-refractivity contribution in [1.82, 2.24) is 15.2 Å². The predicted molar refractivity (Wildman–Crippen MR) is 74.5 cm³/mol. The van der Waals surface area contributed by atoms with Crippen LogP contribution in [0, 0.1) is 11.3 Å². The molecule has 10 heteroatoms. The Morgan fingerprint density at radius 1 is 1.52 bits per heavy atom. The summed E-state index contributed by atoms with van der Waals surface area (Å²) in [4.78, 5) is 3.71. The molecule has 0 aliphatic carbocycles. The molecule has 0 fully saturated rings. The molecule has 0 unspecified atom stereocenters. The molecule has 1 aromatic carbocycles. The first-order valence-corrected chi connectivity index (χ1v) is 7.60. The molecule has 0 atom stereocenters. The fraction of sp³-hybridized carbons (Fsp3) is 0.182. The summed E-state index contributed by atoms with van der Waals surface area (Å²) in [6, 6.07) is 5.66. The Labute approximate surface area is 125 Å². The third-order valence-electron chi connectivity index (χ3n) is 2.34. The fourth-order valence-corrected chi connectivity index (χ4v) is 2.70. The summed E-state index contributed by atoms with van der Waals surface area (Å²) in [5, 5.41) is 14.9. The Morgan fingerprint density at radius 2 is 2.29 bits per heavy atom. The SMILES string of the molecule is CCOc1n[nH]c(NS(=O)(=O)c2ccc(C#N)c(Cl)c2)n1. The molecule has 0 saturated heterocycles. The number of nitrogens with one attached hydrogen (secondary N) is 2. The number of sulfonamides is 1. The zero-order valence-electron chi connectivity index (χ0n) is 10.8. The molecule has 0 radical (unpaired) electrons. The Morgan fingerprint density at radius 3 is 2.90 bits per heavy atom. The molecule has 1 heterocycles. The van der Waals surface area contributed by atoms with Crippen LogP contribution < -0.4 is 9.46 Å². The minimum Gasteiger partial charge on any atom is -0.463 e. The van der Waals surface area contributed by atoms with Gasteiger partial charge >= 0.3 is 6.01 Å². The summed E-state index contributed by atoms with van der Waals surface area (Å²) < 4.78 is 31.5. The van der Waals surface area contributed by atoms with Crippen molar-refractivity contribution in [1.29, 1.82) is 5.26 Å². The van der Waals surface area contributed by atoms with E-state index in [0.717, 1.165) is 0 Å². The minimum atomic E-state index is -3.90. The van der Waals surface area contributed by atoms with E-state index in [-0.39, 0.29) is 27.4 Å². The second-order valence-electron chi connectivity index (χ2n) is 3.76. The van der Waals surface area contributed by atoms with Crippen LogP contribution in [0.15, 0.2) is 23.1 Å². The molecule has 1 aromatic heterocycles. The zero-order chi connectivity index (χ0) is 15.5. The highest BCUT2D eigenvalue weighted by Gasteiger charge is 2.18. The molecule has 0 spiro atoms. The molecule has 2 N–H and O–H groups in total. The smallest absolute Gasteiger partial charge is 0.337 e. The van der Waals surface area contributed by atoms with Crippen molar-refractivity contribution in [2.45, 2.75) is 11.8 Å². The molecular weight excluding hydrogens is 318 g/mol. The lowest BCUT2D eigenvalue weighted by Gasteiger charge is -2.05. The highest BCUT2D eigenvalue weighted by Crippen LogP contribution is 2.21. The number of hydrogen-bond donors (Lipinski definition) is 2. The van der Waals surface area contributed by atoms with Gasteiger partial charge < -0.3 is 4.74 Å². The number of aromatic amines is 1. The molecule has 0 bridgehead atoms. The molecular formula is C11H10ClN5O3S. The quantitative estimate of drug-likeness (QED) is 0.859. The van der Waals surface area contributed by atoms with Gasteiger partial charge in [-0.05, 0) is 25.1 Å².